The van der Waals surface area contributed by atoms with Gasteiger partial charge in [0.05, 0.1) is 22.1 Å². The number of hydrogen-bond acceptors (Lipinski definition) is 1. The van der Waals surface area contributed by atoms with Gasteiger partial charge in [-0.2, -0.15) is 0 Å². The fourth-order valence-corrected chi connectivity index (χ4v) is 8.36. The highest BCUT2D eigenvalue weighted by Crippen LogP contribution is 2.40. The molecule has 0 N–H and O–H groups in total. The lowest BCUT2D eigenvalue weighted by molar-refractivity contribution is 0.669. The molecule has 0 spiro atoms. The minimum atomic E-state index is 0.914. The predicted octanol–water partition coefficient (Wildman–Crippen LogP) is 13.4. The van der Waals surface area contributed by atoms with Crippen molar-refractivity contribution in [1.29, 1.82) is 0 Å². The normalized spacial score (nSPS) is 11.9. The smallest absolute Gasteiger partial charge is 0.135 e. The number of furan rings is 1. The van der Waals surface area contributed by atoms with Crippen LogP contribution >= 0.6 is 0 Å². The zero-order valence-corrected chi connectivity index (χ0v) is 28.5. The Labute approximate surface area is 300 Å². The summed E-state index contributed by atoms with van der Waals surface area (Å²) in [6, 6.07) is 63.7. The maximum absolute atomic E-state index is 6.14. The average molecular weight is 665 g/mol. The minimum absolute atomic E-state index is 0.914. The molecule has 3 aromatic heterocycles. The molecule has 0 atom stereocenters. The van der Waals surface area contributed by atoms with Crippen molar-refractivity contribution in [3.63, 3.8) is 0 Å². The first-order valence-electron chi connectivity index (χ1n) is 17.8. The van der Waals surface area contributed by atoms with E-state index in [-0.39, 0.29) is 0 Å². The van der Waals surface area contributed by atoms with E-state index in [1.165, 1.54) is 82.8 Å². The highest BCUT2D eigenvalue weighted by Gasteiger charge is 2.18. The van der Waals surface area contributed by atoms with Crippen molar-refractivity contribution in [3.8, 4) is 33.6 Å². The van der Waals surface area contributed by atoms with Crippen molar-refractivity contribution < 1.29 is 4.42 Å². The molecule has 0 radical (unpaired) electrons. The molecule has 8 aromatic carbocycles. The van der Waals surface area contributed by atoms with Crippen molar-refractivity contribution in [3.05, 3.63) is 181 Å². The van der Waals surface area contributed by atoms with Gasteiger partial charge in [-0.3, -0.25) is 0 Å². The number of nitrogens with zero attached hydrogens (tertiary/aromatic N) is 2. The summed E-state index contributed by atoms with van der Waals surface area (Å²) < 4.78 is 10.9. The van der Waals surface area contributed by atoms with Crippen LogP contribution in [0.5, 0.6) is 0 Å². The third-order valence-electron chi connectivity index (χ3n) is 10.9. The molecule has 11 rings (SSSR count). The first kappa shape index (κ1) is 28.9. The second-order valence-corrected chi connectivity index (χ2v) is 13.8. The van der Waals surface area contributed by atoms with Crippen molar-refractivity contribution in [2.45, 2.75) is 6.92 Å². The molecule has 52 heavy (non-hydrogen) atoms. The Morgan fingerprint density at radius 1 is 0.346 bits per heavy atom. The Balaban J connectivity index is 1.07. The zero-order valence-electron chi connectivity index (χ0n) is 28.5. The van der Waals surface area contributed by atoms with Gasteiger partial charge in [0.2, 0.25) is 0 Å². The summed E-state index contributed by atoms with van der Waals surface area (Å²) in [5.74, 6) is 0. The summed E-state index contributed by atoms with van der Waals surface area (Å²) in [5.41, 5.74) is 15.0. The Morgan fingerprint density at radius 2 is 0.827 bits per heavy atom. The maximum Gasteiger partial charge on any atom is 0.135 e. The molecule has 0 fully saturated rings. The number of aryl methyl sites for hydroxylation is 1. The summed E-state index contributed by atoms with van der Waals surface area (Å²) in [6.45, 7) is 2.21. The number of hydrogen-bond donors (Lipinski definition) is 0. The van der Waals surface area contributed by atoms with Crippen LogP contribution in [0.25, 0.3) is 99.2 Å². The van der Waals surface area contributed by atoms with Gasteiger partial charge in [-0.15, -0.1) is 0 Å². The standard InChI is InChI=1S/C49H32N2O/c1-31-19-20-35(34-23-26-49-42(29-34)39-15-7-10-18-48(39)52-49)30-47(31)51-44-17-9-6-14-38(44)41-28-33(22-25-46(41)51)32-21-24-45-40(27-32)37-13-5-8-16-43(37)50(45)36-11-3-2-4-12-36/h2-30H,1H3. The summed E-state index contributed by atoms with van der Waals surface area (Å²) in [4.78, 5) is 0. The first-order valence-corrected chi connectivity index (χ1v) is 17.8. The molecule has 244 valence electrons. The lowest BCUT2D eigenvalue weighted by Gasteiger charge is -2.14. The van der Waals surface area contributed by atoms with Gasteiger partial charge < -0.3 is 13.6 Å². The lowest BCUT2D eigenvalue weighted by atomic mass is 10.00. The van der Waals surface area contributed by atoms with Crippen LogP contribution in [-0.4, -0.2) is 9.13 Å². The maximum atomic E-state index is 6.14. The summed E-state index contributed by atoms with van der Waals surface area (Å²) in [6.07, 6.45) is 0. The third kappa shape index (κ3) is 4.26. The van der Waals surface area contributed by atoms with Crippen LogP contribution in [0.2, 0.25) is 0 Å². The fraction of sp³-hybridized carbons (Fsp3) is 0.0204. The molecule has 0 saturated heterocycles. The van der Waals surface area contributed by atoms with E-state index in [2.05, 4.69) is 180 Å². The van der Waals surface area contributed by atoms with Crippen LogP contribution in [0.3, 0.4) is 0 Å². The van der Waals surface area contributed by atoms with E-state index < -0.39 is 0 Å². The van der Waals surface area contributed by atoms with Gasteiger partial charge in [-0.1, -0.05) is 103 Å². The Bertz CT molecular complexity index is 3190. The number of para-hydroxylation sites is 4. The lowest BCUT2D eigenvalue weighted by Crippen LogP contribution is -1.97. The van der Waals surface area contributed by atoms with Gasteiger partial charge in [0, 0.05) is 43.7 Å². The number of fused-ring (bicyclic) bond motifs is 9. The summed E-state index contributed by atoms with van der Waals surface area (Å²) in [5, 5.41) is 7.30. The molecule has 0 aliphatic heterocycles. The van der Waals surface area contributed by atoms with Gasteiger partial charge in [-0.25, -0.2) is 0 Å². The van der Waals surface area contributed by atoms with E-state index in [1.807, 2.05) is 12.1 Å². The highest BCUT2D eigenvalue weighted by atomic mass is 16.3. The third-order valence-corrected chi connectivity index (χ3v) is 10.9. The molecule has 3 nitrogen and oxygen atoms in total. The van der Waals surface area contributed by atoms with Gasteiger partial charge in [0.25, 0.3) is 0 Å². The molecule has 11 aromatic rings. The van der Waals surface area contributed by atoms with Crippen molar-refractivity contribution in [1.82, 2.24) is 9.13 Å². The molecular formula is C49H32N2O. The van der Waals surface area contributed by atoms with Crippen LogP contribution < -0.4 is 0 Å². The largest absolute Gasteiger partial charge is 0.456 e. The summed E-state index contributed by atoms with van der Waals surface area (Å²) >= 11 is 0. The Kier molecular flexibility index (Phi) is 6.17. The van der Waals surface area contributed by atoms with Crippen LogP contribution in [0.15, 0.2) is 180 Å². The molecule has 0 unspecified atom stereocenters. The molecule has 0 bridgehead atoms. The molecule has 3 heterocycles. The van der Waals surface area contributed by atoms with Crippen molar-refractivity contribution in [2.24, 2.45) is 0 Å². The number of benzene rings is 8. The number of rotatable bonds is 4. The van der Waals surface area contributed by atoms with Gasteiger partial charge >= 0.3 is 0 Å². The van der Waals surface area contributed by atoms with E-state index in [0.29, 0.717) is 0 Å². The van der Waals surface area contributed by atoms with E-state index in [0.717, 1.165) is 21.9 Å². The molecule has 0 saturated carbocycles. The molecular weight excluding hydrogens is 633 g/mol. The molecule has 0 aliphatic carbocycles. The molecule has 3 heteroatoms. The number of aromatic nitrogens is 2. The summed E-state index contributed by atoms with van der Waals surface area (Å²) in [7, 11) is 0. The van der Waals surface area contributed by atoms with E-state index in [4.69, 9.17) is 4.42 Å². The SMILES string of the molecule is Cc1ccc(-c2ccc3oc4ccccc4c3c2)cc1-n1c2ccccc2c2cc(-c3ccc4c(c3)c3ccccc3n4-c3ccccc3)ccc21. The van der Waals surface area contributed by atoms with Gasteiger partial charge in [0.1, 0.15) is 11.2 Å². The van der Waals surface area contributed by atoms with E-state index in [1.54, 1.807) is 0 Å². The monoisotopic (exact) mass is 664 g/mol. The zero-order chi connectivity index (χ0) is 34.3. The van der Waals surface area contributed by atoms with Crippen LogP contribution in [0, 0.1) is 6.92 Å². The van der Waals surface area contributed by atoms with E-state index in [9.17, 15) is 0 Å². The fourth-order valence-electron chi connectivity index (χ4n) is 8.36. The molecule has 0 aliphatic rings. The highest BCUT2D eigenvalue weighted by molar-refractivity contribution is 6.13. The predicted molar refractivity (Wildman–Crippen MR) is 218 cm³/mol. The van der Waals surface area contributed by atoms with E-state index >= 15 is 0 Å². The Hall–Kier alpha value is -6.84. The second-order valence-electron chi connectivity index (χ2n) is 13.8. The molecule has 0 amide bonds. The minimum Gasteiger partial charge on any atom is -0.456 e. The Morgan fingerprint density at radius 3 is 1.54 bits per heavy atom. The van der Waals surface area contributed by atoms with Crippen molar-refractivity contribution >= 4 is 65.6 Å². The average Bonchev–Trinajstić information content (AvgIpc) is 3.85. The van der Waals surface area contributed by atoms with Crippen molar-refractivity contribution in [2.75, 3.05) is 0 Å². The van der Waals surface area contributed by atoms with Gasteiger partial charge in [0.15, 0.2) is 0 Å². The van der Waals surface area contributed by atoms with Crippen LogP contribution in [0.4, 0.5) is 0 Å². The first-order chi connectivity index (χ1) is 25.7. The van der Waals surface area contributed by atoms with Crippen LogP contribution in [0.1, 0.15) is 5.56 Å². The quantitative estimate of drug-likeness (QED) is 0.184. The van der Waals surface area contributed by atoms with Gasteiger partial charge in [-0.05, 0) is 108 Å². The second kappa shape index (κ2) is 11.1. The topological polar surface area (TPSA) is 23.0 Å². The van der Waals surface area contributed by atoms with Crippen LogP contribution in [-0.2, 0) is 0 Å².